The zero-order valence-electron chi connectivity index (χ0n) is 12.0. The number of nitrogens with one attached hydrogen (secondary N) is 1. The minimum atomic E-state index is -0.102. The lowest BCUT2D eigenvalue weighted by Crippen LogP contribution is -3.00. The van der Waals surface area contributed by atoms with Crippen LogP contribution in [0.1, 0.15) is 20.3 Å². The number of halogens is 1. The third-order valence-corrected chi connectivity index (χ3v) is 2.01. The maximum Gasteiger partial charge on any atom is 0.247 e. The number of amides is 1. The first-order valence-corrected chi connectivity index (χ1v) is 5.48. The Morgan fingerprint density at radius 2 is 1.89 bits per heavy atom. The number of carbonyl (C=O) groups is 1. The molecule has 0 aromatic carbocycles. The molecule has 1 unspecified atom stereocenters. The summed E-state index contributed by atoms with van der Waals surface area (Å²) in [4.78, 5) is 11.0. The van der Waals surface area contributed by atoms with E-state index in [0.29, 0.717) is 5.57 Å². The van der Waals surface area contributed by atoms with E-state index in [0.717, 1.165) is 10.9 Å². The Labute approximate surface area is 117 Å². The molecule has 1 atom stereocenters. The quantitative estimate of drug-likeness (QED) is 0.303. The lowest BCUT2D eigenvalue weighted by atomic mass is 10.3. The summed E-state index contributed by atoms with van der Waals surface area (Å²) < 4.78 is 0.732. The van der Waals surface area contributed by atoms with Crippen LogP contribution in [0.15, 0.2) is 24.8 Å². The van der Waals surface area contributed by atoms with Crippen molar-refractivity contribution in [1.29, 1.82) is 5.26 Å². The highest BCUT2D eigenvalue weighted by Gasteiger charge is 2.22. The molecule has 0 radical (unpaired) electrons. The molecule has 0 bridgehead atoms. The van der Waals surface area contributed by atoms with Crippen molar-refractivity contribution in [3.8, 4) is 6.07 Å². The number of hydrogen-bond donors (Lipinski definition) is 1. The zero-order valence-corrected chi connectivity index (χ0v) is 12.7. The summed E-state index contributed by atoms with van der Waals surface area (Å²) in [5.74, 6) is -0.102. The van der Waals surface area contributed by atoms with Crippen molar-refractivity contribution in [2.45, 2.75) is 26.4 Å². The number of hydrogen-bond acceptors (Lipinski definition) is 2. The van der Waals surface area contributed by atoms with E-state index in [1.807, 2.05) is 6.07 Å². The molecule has 0 saturated heterocycles. The van der Waals surface area contributed by atoms with Crippen molar-refractivity contribution in [1.82, 2.24) is 5.32 Å². The molecule has 5 heteroatoms. The average molecular weight is 274 g/mol. The Morgan fingerprint density at radius 3 is 2.06 bits per heavy atom. The van der Waals surface area contributed by atoms with Gasteiger partial charge in [-0.05, 0) is 13.0 Å². The number of allylic oxidation sites excluding steroid dienone is 1. The van der Waals surface area contributed by atoms with Gasteiger partial charge in [-0.2, -0.15) is 5.26 Å². The number of nitrogens with zero attached hydrogens (tertiary/aromatic N) is 2. The van der Waals surface area contributed by atoms with Gasteiger partial charge in [-0.1, -0.05) is 20.1 Å². The van der Waals surface area contributed by atoms with Crippen LogP contribution in [-0.2, 0) is 4.79 Å². The van der Waals surface area contributed by atoms with Gasteiger partial charge in [-0.3, -0.25) is 4.79 Å². The van der Waals surface area contributed by atoms with Gasteiger partial charge in [0.15, 0.2) is 6.17 Å². The van der Waals surface area contributed by atoms with E-state index in [2.05, 4.69) is 46.5 Å². The molecule has 0 fully saturated rings. The number of quaternary nitrogens is 1. The second kappa shape index (κ2) is 10.8. The topological polar surface area (TPSA) is 52.9 Å². The van der Waals surface area contributed by atoms with Crippen LogP contribution in [0.5, 0.6) is 0 Å². The van der Waals surface area contributed by atoms with E-state index in [4.69, 9.17) is 5.26 Å². The van der Waals surface area contributed by atoms with Gasteiger partial charge in [-0.25, -0.2) is 0 Å². The van der Waals surface area contributed by atoms with Crippen molar-refractivity contribution in [3.05, 3.63) is 24.8 Å². The summed E-state index contributed by atoms with van der Waals surface area (Å²) >= 11 is 0. The Kier molecular flexibility index (Phi) is 13.2. The van der Waals surface area contributed by atoms with Gasteiger partial charge in [0, 0.05) is 12.0 Å². The van der Waals surface area contributed by atoms with Gasteiger partial charge in [0.1, 0.15) is 0 Å². The van der Waals surface area contributed by atoms with Crippen molar-refractivity contribution in [2.75, 3.05) is 21.1 Å². The average Bonchev–Trinajstić information content (AvgIpc) is 2.24. The Hall–Kier alpha value is -1.31. The molecule has 0 saturated carbocycles. The molecule has 18 heavy (non-hydrogen) atoms. The van der Waals surface area contributed by atoms with Crippen LogP contribution in [0.2, 0.25) is 0 Å². The predicted molar refractivity (Wildman–Crippen MR) is 70.9 cm³/mol. The minimum absolute atomic E-state index is 0. The predicted octanol–water partition coefficient (Wildman–Crippen LogP) is -1.18. The van der Waals surface area contributed by atoms with Gasteiger partial charge in [0.25, 0.3) is 0 Å². The van der Waals surface area contributed by atoms with Gasteiger partial charge in [0.2, 0.25) is 5.91 Å². The van der Waals surface area contributed by atoms with Gasteiger partial charge in [-0.15, -0.1) is 0 Å². The third-order valence-electron chi connectivity index (χ3n) is 2.01. The van der Waals surface area contributed by atoms with Crippen molar-refractivity contribution in [2.24, 2.45) is 0 Å². The highest BCUT2D eigenvalue weighted by Crippen LogP contribution is 2.03. The monoisotopic (exact) mass is 273 g/mol. The second-order valence-corrected chi connectivity index (χ2v) is 4.65. The van der Waals surface area contributed by atoms with Crippen LogP contribution < -0.4 is 17.7 Å². The first-order valence-electron chi connectivity index (χ1n) is 5.48. The molecule has 0 aromatic heterocycles. The highest BCUT2D eigenvalue weighted by atomic mass is 35.5. The third kappa shape index (κ3) is 12.8. The van der Waals surface area contributed by atoms with Crippen LogP contribution in [-0.4, -0.2) is 37.7 Å². The largest absolute Gasteiger partial charge is 1.00 e. The van der Waals surface area contributed by atoms with Crippen LogP contribution in [0.4, 0.5) is 0 Å². The lowest BCUT2D eigenvalue weighted by molar-refractivity contribution is -0.898. The van der Waals surface area contributed by atoms with E-state index in [1.165, 1.54) is 6.08 Å². The first-order chi connectivity index (χ1) is 7.68. The normalized spacial score (nSPS) is 10.7. The zero-order chi connectivity index (χ0) is 14.1. The van der Waals surface area contributed by atoms with Gasteiger partial charge in [0.05, 0.1) is 27.2 Å². The van der Waals surface area contributed by atoms with E-state index in [1.54, 1.807) is 6.92 Å². The minimum Gasteiger partial charge on any atom is -1.00 e. The molecule has 4 nitrogen and oxygen atoms in total. The summed E-state index contributed by atoms with van der Waals surface area (Å²) in [5.41, 5.74) is 0.560. The molecule has 1 amide bonds. The standard InChI is InChI=1S/C9H18N2O.C4H5N.ClH/c1-6-8(11(3,4)5)10-9(12)7-2;1-4(2)3-5;/h7-8H,2,6H2,1,3-5H3;1H2,2H3;1H. The fourth-order valence-corrected chi connectivity index (χ4v) is 1.07. The molecule has 0 heterocycles. The molecule has 1 N–H and O–H groups in total. The summed E-state index contributed by atoms with van der Waals surface area (Å²) in [7, 11) is 6.16. The van der Waals surface area contributed by atoms with Crippen molar-refractivity contribution < 1.29 is 21.7 Å². The summed E-state index contributed by atoms with van der Waals surface area (Å²) in [5, 5.41) is 10.7. The Morgan fingerprint density at radius 1 is 1.50 bits per heavy atom. The summed E-state index contributed by atoms with van der Waals surface area (Å²) in [6, 6.07) is 1.83. The molecule has 0 rings (SSSR count). The summed E-state index contributed by atoms with van der Waals surface area (Å²) in [6.07, 6.45) is 2.39. The molecule has 104 valence electrons. The molecule has 0 aromatic rings. The van der Waals surface area contributed by atoms with E-state index in [9.17, 15) is 4.79 Å². The number of nitriles is 1. The van der Waals surface area contributed by atoms with Crippen LogP contribution in [0, 0.1) is 11.3 Å². The lowest BCUT2D eigenvalue weighted by Gasteiger charge is -2.33. The molecule has 0 aliphatic rings. The van der Waals surface area contributed by atoms with Crippen LogP contribution in [0.3, 0.4) is 0 Å². The van der Waals surface area contributed by atoms with E-state index in [-0.39, 0.29) is 24.5 Å². The second-order valence-electron chi connectivity index (χ2n) is 4.65. The summed E-state index contributed by atoms with van der Waals surface area (Å²) in [6.45, 7) is 10.4. The molecular formula is C13H24ClN3O. The molecule has 0 aliphatic carbocycles. The fourth-order valence-electron chi connectivity index (χ4n) is 1.07. The Balaban J connectivity index is -0.000000321. The highest BCUT2D eigenvalue weighted by molar-refractivity contribution is 5.86. The maximum absolute atomic E-state index is 11.0. The number of rotatable bonds is 4. The molecular weight excluding hydrogens is 250 g/mol. The van der Waals surface area contributed by atoms with Crippen molar-refractivity contribution >= 4 is 5.91 Å². The van der Waals surface area contributed by atoms with Crippen LogP contribution in [0.25, 0.3) is 0 Å². The number of carbonyl (C=O) groups excluding carboxylic acids is 1. The van der Waals surface area contributed by atoms with Crippen molar-refractivity contribution in [3.63, 3.8) is 0 Å². The Bertz CT molecular complexity index is 313. The molecule has 0 aliphatic heterocycles. The van der Waals surface area contributed by atoms with E-state index < -0.39 is 0 Å². The maximum atomic E-state index is 11.0. The smallest absolute Gasteiger partial charge is 0.247 e. The first kappa shape index (κ1) is 21.9. The van der Waals surface area contributed by atoms with Crippen LogP contribution >= 0.6 is 0 Å². The molecule has 0 spiro atoms. The van der Waals surface area contributed by atoms with Gasteiger partial charge >= 0.3 is 0 Å². The SMILES string of the molecule is C=C(C)C#N.C=CC(=O)NC(CC)[N+](C)(C)C.[Cl-]. The van der Waals surface area contributed by atoms with E-state index >= 15 is 0 Å². The van der Waals surface area contributed by atoms with Gasteiger partial charge < -0.3 is 22.2 Å². The fraction of sp³-hybridized carbons (Fsp3) is 0.538.